The monoisotopic (exact) mass is 399 g/mol. The summed E-state index contributed by atoms with van der Waals surface area (Å²) in [6, 6.07) is 18.7. The minimum atomic E-state index is -4.53. The van der Waals surface area contributed by atoms with E-state index in [1.807, 2.05) is 53.6 Å². The van der Waals surface area contributed by atoms with E-state index >= 15 is 0 Å². The van der Waals surface area contributed by atoms with Crippen LogP contribution < -0.4 is 5.32 Å². The number of hydrogen-bond donors (Lipinski definition) is 1. The summed E-state index contributed by atoms with van der Waals surface area (Å²) in [7, 11) is 0. The van der Waals surface area contributed by atoms with Crippen molar-refractivity contribution >= 4 is 11.6 Å². The molecule has 29 heavy (non-hydrogen) atoms. The van der Waals surface area contributed by atoms with Crippen LogP contribution in [0.15, 0.2) is 72.9 Å². The molecule has 1 aromatic heterocycles. The minimum absolute atomic E-state index is 0.00304. The van der Waals surface area contributed by atoms with E-state index in [0.29, 0.717) is 6.54 Å². The zero-order valence-corrected chi connectivity index (χ0v) is 15.6. The standard InChI is InChI=1S/C22H20F3N3O/c23-22(24,25)17-9-4-5-10-18(17)26-20(29)15-28-14-13-27-12-6-11-19(27)21(28)16-7-2-1-3-8-16/h1-12,21H,13-15H2,(H,26,29). The fourth-order valence-electron chi connectivity index (χ4n) is 3.83. The molecule has 1 amide bonds. The van der Waals surface area contributed by atoms with Crippen LogP contribution in [0.2, 0.25) is 0 Å². The third kappa shape index (κ3) is 4.05. The van der Waals surface area contributed by atoms with E-state index in [1.165, 1.54) is 18.2 Å². The Kier molecular flexibility index (Phi) is 5.15. The Morgan fingerprint density at radius 2 is 1.69 bits per heavy atom. The molecule has 0 saturated carbocycles. The molecule has 3 aromatic rings. The molecule has 0 radical (unpaired) electrons. The molecule has 4 nitrogen and oxygen atoms in total. The highest BCUT2D eigenvalue weighted by atomic mass is 19.4. The van der Waals surface area contributed by atoms with Gasteiger partial charge in [0.2, 0.25) is 5.91 Å². The minimum Gasteiger partial charge on any atom is -0.348 e. The van der Waals surface area contributed by atoms with E-state index in [2.05, 4.69) is 9.88 Å². The molecule has 1 unspecified atom stereocenters. The lowest BCUT2D eigenvalue weighted by atomic mass is 10.00. The molecule has 0 aliphatic carbocycles. The number of nitrogens with one attached hydrogen (secondary N) is 1. The number of rotatable bonds is 4. The molecule has 2 aromatic carbocycles. The van der Waals surface area contributed by atoms with Crippen molar-refractivity contribution in [2.75, 3.05) is 18.4 Å². The lowest BCUT2D eigenvalue weighted by molar-refractivity contribution is -0.137. The number of carbonyl (C=O) groups is 1. The van der Waals surface area contributed by atoms with Crippen molar-refractivity contribution in [1.82, 2.24) is 9.47 Å². The van der Waals surface area contributed by atoms with Crippen molar-refractivity contribution in [3.63, 3.8) is 0 Å². The lowest BCUT2D eigenvalue weighted by Gasteiger charge is -2.37. The second-order valence-corrected chi connectivity index (χ2v) is 7.00. The third-order valence-electron chi connectivity index (χ3n) is 5.11. The van der Waals surface area contributed by atoms with Crippen LogP contribution in [0.25, 0.3) is 0 Å². The second-order valence-electron chi connectivity index (χ2n) is 7.00. The van der Waals surface area contributed by atoms with E-state index in [0.717, 1.165) is 23.9 Å². The Balaban J connectivity index is 1.57. The number of anilines is 1. The molecule has 0 bridgehead atoms. The van der Waals surface area contributed by atoms with Crippen LogP contribution in [0, 0.1) is 0 Å². The maximum Gasteiger partial charge on any atom is 0.418 e. The number of alkyl halides is 3. The Morgan fingerprint density at radius 1 is 0.966 bits per heavy atom. The quantitative estimate of drug-likeness (QED) is 0.699. The summed E-state index contributed by atoms with van der Waals surface area (Å²) in [5.41, 5.74) is 1.03. The van der Waals surface area contributed by atoms with Gasteiger partial charge in [-0.05, 0) is 29.8 Å². The Hall–Kier alpha value is -3.06. The van der Waals surface area contributed by atoms with Crippen LogP contribution in [0.3, 0.4) is 0 Å². The summed E-state index contributed by atoms with van der Waals surface area (Å²) in [6.07, 6.45) is -2.52. The molecule has 7 heteroatoms. The first-order valence-corrected chi connectivity index (χ1v) is 9.33. The van der Waals surface area contributed by atoms with Gasteiger partial charge in [0, 0.05) is 25.0 Å². The second kappa shape index (κ2) is 7.75. The highest BCUT2D eigenvalue weighted by Gasteiger charge is 2.34. The van der Waals surface area contributed by atoms with Crippen molar-refractivity contribution in [3.05, 3.63) is 89.7 Å². The van der Waals surface area contributed by atoms with Gasteiger partial charge >= 0.3 is 6.18 Å². The van der Waals surface area contributed by atoms with E-state index < -0.39 is 17.6 Å². The SMILES string of the molecule is O=C(CN1CCn2cccc2C1c1ccccc1)Nc1ccccc1C(F)(F)F. The molecule has 0 saturated heterocycles. The first-order chi connectivity index (χ1) is 13.9. The Labute approximate surface area is 166 Å². The van der Waals surface area contributed by atoms with Gasteiger partial charge in [-0.25, -0.2) is 0 Å². The van der Waals surface area contributed by atoms with E-state index in [9.17, 15) is 18.0 Å². The molecule has 1 atom stereocenters. The number of fused-ring (bicyclic) bond motifs is 1. The number of hydrogen-bond acceptors (Lipinski definition) is 2. The number of amides is 1. The fourth-order valence-corrected chi connectivity index (χ4v) is 3.83. The van der Waals surface area contributed by atoms with Gasteiger partial charge < -0.3 is 9.88 Å². The van der Waals surface area contributed by atoms with Crippen LogP contribution in [0.1, 0.15) is 22.9 Å². The molecule has 0 spiro atoms. The number of carbonyl (C=O) groups excluding carboxylic acids is 1. The van der Waals surface area contributed by atoms with E-state index in [1.54, 1.807) is 0 Å². The maximum absolute atomic E-state index is 13.2. The van der Waals surface area contributed by atoms with Crippen molar-refractivity contribution in [2.24, 2.45) is 0 Å². The van der Waals surface area contributed by atoms with Gasteiger partial charge in [-0.2, -0.15) is 13.2 Å². The topological polar surface area (TPSA) is 37.3 Å². The van der Waals surface area contributed by atoms with E-state index in [4.69, 9.17) is 0 Å². The smallest absolute Gasteiger partial charge is 0.348 e. The van der Waals surface area contributed by atoms with Crippen LogP contribution in [-0.4, -0.2) is 28.5 Å². The largest absolute Gasteiger partial charge is 0.418 e. The molecule has 0 fully saturated rings. The summed E-state index contributed by atoms with van der Waals surface area (Å²) in [4.78, 5) is 14.7. The predicted molar refractivity (Wildman–Crippen MR) is 104 cm³/mol. The van der Waals surface area contributed by atoms with Gasteiger partial charge in [0.15, 0.2) is 0 Å². The van der Waals surface area contributed by atoms with Crippen LogP contribution in [-0.2, 0) is 17.5 Å². The average molecular weight is 399 g/mol. The first kappa shape index (κ1) is 19.3. The normalized spacial score (nSPS) is 17.0. The number of nitrogens with zero attached hydrogens (tertiary/aromatic N) is 2. The lowest BCUT2D eigenvalue weighted by Crippen LogP contribution is -2.42. The van der Waals surface area contributed by atoms with Crippen LogP contribution >= 0.6 is 0 Å². The molecule has 150 valence electrons. The number of aromatic nitrogens is 1. The summed E-state index contributed by atoms with van der Waals surface area (Å²) >= 11 is 0. The molecular formula is C22H20F3N3O. The summed E-state index contributed by atoms with van der Waals surface area (Å²) in [5.74, 6) is -0.470. The third-order valence-corrected chi connectivity index (χ3v) is 5.11. The van der Waals surface area contributed by atoms with Gasteiger partial charge in [0.05, 0.1) is 23.8 Å². The first-order valence-electron chi connectivity index (χ1n) is 9.33. The van der Waals surface area contributed by atoms with Gasteiger partial charge in [0.1, 0.15) is 0 Å². The zero-order valence-electron chi connectivity index (χ0n) is 15.6. The maximum atomic E-state index is 13.2. The number of halogens is 3. The molecule has 1 aliphatic heterocycles. The predicted octanol–water partition coefficient (Wildman–Crippen LogP) is 4.55. The molecule has 1 N–H and O–H groups in total. The van der Waals surface area contributed by atoms with Crippen molar-refractivity contribution in [2.45, 2.75) is 18.8 Å². The van der Waals surface area contributed by atoms with Crippen LogP contribution in [0.5, 0.6) is 0 Å². The van der Waals surface area contributed by atoms with Gasteiger partial charge in [-0.3, -0.25) is 9.69 Å². The summed E-state index contributed by atoms with van der Waals surface area (Å²) < 4.78 is 41.8. The van der Waals surface area contributed by atoms with Gasteiger partial charge in [-0.1, -0.05) is 42.5 Å². The highest BCUT2D eigenvalue weighted by Crippen LogP contribution is 2.35. The number of benzene rings is 2. The summed E-state index contributed by atoms with van der Waals surface area (Å²) in [6.45, 7) is 1.34. The number of para-hydroxylation sites is 1. The highest BCUT2D eigenvalue weighted by molar-refractivity contribution is 5.93. The molecule has 4 rings (SSSR count). The van der Waals surface area contributed by atoms with Gasteiger partial charge in [0.25, 0.3) is 0 Å². The zero-order chi connectivity index (χ0) is 20.4. The van der Waals surface area contributed by atoms with Gasteiger partial charge in [-0.15, -0.1) is 0 Å². The summed E-state index contributed by atoms with van der Waals surface area (Å²) in [5, 5.41) is 2.45. The van der Waals surface area contributed by atoms with E-state index in [-0.39, 0.29) is 18.3 Å². The van der Waals surface area contributed by atoms with Crippen molar-refractivity contribution in [3.8, 4) is 0 Å². The van der Waals surface area contributed by atoms with Crippen molar-refractivity contribution < 1.29 is 18.0 Å². The fraction of sp³-hybridized carbons (Fsp3) is 0.227. The Morgan fingerprint density at radius 3 is 2.45 bits per heavy atom. The molecule has 2 heterocycles. The molecule has 1 aliphatic rings. The van der Waals surface area contributed by atoms with Crippen molar-refractivity contribution in [1.29, 1.82) is 0 Å². The van der Waals surface area contributed by atoms with Crippen LogP contribution in [0.4, 0.5) is 18.9 Å². The average Bonchev–Trinajstić information content (AvgIpc) is 3.17. The Bertz CT molecular complexity index is 998. The molecular weight excluding hydrogens is 379 g/mol.